The maximum atomic E-state index is 12.4. The van der Waals surface area contributed by atoms with E-state index in [-0.39, 0.29) is 18.1 Å². The van der Waals surface area contributed by atoms with E-state index >= 15 is 0 Å². The summed E-state index contributed by atoms with van der Waals surface area (Å²) in [6.45, 7) is 2.49. The highest BCUT2D eigenvalue weighted by Gasteiger charge is 2.44. The number of nitrogens with zero attached hydrogens (tertiary/aromatic N) is 3. The van der Waals surface area contributed by atoms with E-state index in [0.717, 1.165) is 32.5 Å². The minimum absolute atomic E-state index is 0.00947. The summed E-state index contributed by atoms with van der Waals surface area (Å²) in [5.74, 6) is -0.181. The smallest absolute Gasteiger partial charge is 0.271 e. The van der Waals surface area contributed by atoms with Gasteiger partial charge in [0.1, 0.15) is 5.69 Å². The molecule has 4 rings (SSSR count). The fourth-order valence-electron chi connectivity index (χ4n) is 3.62. The van der Waals surface area contributed by atoms with Crippen LogP contribution in [0.2, 0.25) is 0 Å². The third-order valence-electron chi connectivity index (χ3n) is 4.68. The van der Waals surface area contributed by atoms with Gasteiger partial charge in [0, 0.05) is 43.0 Å². The number of carbonyl (C=O) groups is 1. The summed E-state index contributed by atoms with van der Waals surface area (Å²) in [6, 6.07) is 4.60. The number of carbonyl (C=O) groups excluding carboxylic acids is 1. The van der Waals surface area contributed by atoms with Crippen LogP contribution in [0.1, 0.15) is 28.2 Å². The summed E-state index contributed by atoms with van der Waals surface area (Å²) >= 11 is 1.77. The molecule has 0 bridgehead atoms. The first-order valence-corrected chi connectivity index (χ1v) is 9.14. The molecule has 2 saturated heterocycles. The fraction of sp³-hybridized carbons (Fsp3) is 0.471. The van der Waals surface area contributed by atoms with Gasteiger partial charge in [-0.25, -0.2) is 4.98 Å². The topological polar surface area (TPSA) is 67.4 Å². The van der Waals surface area contributed by atoms with Crippen molar-refractivity contribution >= 4 is 17.2 Å². The predicted molar refractivity (Wildman–Crippen MR) is 90.8 cm³/mol. The van der Waals surface area contributed by atoms with Crippen molar-refractivity contribution in [2.24, 2.45) is 0 Å². The Morgan fingerprint density at radius 2 is 2.42 bits per heavy atom. The van der Waals surface area contributed by atoms with Gasteiger partial charge in [-0.05, 0) is 24.3 Å². The first kappa shape index (κ1) is 15.7. The van der Waals surface area contributed by atoms with E-state index < -0.39 is 0 Å². The van der Waals surface area contributed by atoms with E-state index in [1.165, 1.54) is 17.3 Å². The van der Waals surface area contributed by atoms with Gasteiger partial charge in [-0.3, -0.25) is 14.7 Å². The Bertz CT molecular complexity index is 679. The number of fused-ring (bicyclic) bond motifs is 1. The van der Waals surface area contributed by atoms with Crippen LogP contribution >= 0.6 is 11.3 Å². The first-order valence-electron chi connectivity index (χ1n) is 8.26. The minimum Gasteiger partial charge on any atom is -0.374 e. The molecule has 126 valence electrons. The highest BCUT2D eigenvalue weighted by atomic mass is 32.1. The summed E-state index contributed by atoms with van der Waals surface area (Å²) in [5.41, 5.74) is 0.349. The van der Waals surface area contributed by atoms with Crippen LogP contribution in [0.4, 0.5) is 0 Å². The number of hydrogen-bond donors (Lipinski definition) is 1. The number of nitrogens with one attached hydrogen (secondary N) is 1. The molecule has 1 N–H and O–H groups in total. The highest BCUT2D eigenvalue weighted by molar-refractivity contribution is 7.09. The van der Waals surface area contributed by atoms with E-state index in [9.17, 15) is 4.79 Å². The average molecular weight is 344 g/mol. The lowest BCUT2D eigenvalue weighted by Gasteiger charge is -2.32. The van der Waals surface area contributed by atoms with Gasteiger partial charge >= 0.3 is 0 Å². The van der Waals surface area contributed by atoms with Crippen molar-refractivity contribution in [2.45, 2.75) is 37.6 Å². The lowest BCUT2D eigenvalue weighted by molar-refractivity contribution is -0.0210. The maximum Gasteiger partial charge on any atom is 0.271 e. The van der Waals surface area contributed by atoms with E-state index in [0.29, 0.717) is 11.7 Å². The van der Waals surface area contributed by atoms with Gasteiger partial charge in [0.2, 0.25) is 0 Å². The van der Waals surface area contributed by atoms with E-state index in [1.807, 2.05) is 0 Å². The molecule has 24 heavy (non-hydrogen) atoms. The zero-order valence-electron chi connectivity index (χ0n) is 13.3. The zero-order valence-corrected chi connectivity index (χ0v) is 14.1. The molecule has 6 nitrogen and oxygen atoms in total. The molecular weight excluding hydrogens is 324 g/mol. The molecule has 0 unspecified atom stereocenters. The van der Waals surface area contributed by atoms with Crippen molar-refractivity contribution < 1.29 is 9.53 Å². The number of rotatable bonds is 4. The summed E-state index contributed by atoms with van der Waals surface area (Å²) < 4.78 is 6.01. The monoisotopic (exact) mass is 344 g/mol. The van der Waals surface area contributed by atoms with Crippen molar-refractivity contribution in [3.8, 4) is 0 Å². The van der Waals surface area contributed by atoms with Crippen LogP contribution in [0.25, 0.3) is 0 Å². The standard InChI is InChI=1S/C17H20N4O2S/c22-17(13-9-18-5-6-19-13)20-14-11-21(10-12-3-2-8-24-12)15-4-1-7-23-16(14)15/h2-3,5-6,8-9,14-16H,1,4,7,10-11H2,(H,20,22)/t14-,15-,16-/m0/s1. The molecule has 2 aromatic heterocycles. The summed E-state index contributed by atoms with van der Waals surface area (Å²) in [5, 5.41) is 5.20. The lowest BCUT2D eigenvalue weighted by Crippen LogP contribution is -2.47. The number of aromatic nitrogens is 2. The van der Waals surface area contributed by atoms with Crippen molar-refractivity contribution in [2.75, 3.05) is 13.2 Å². The molecule has 3 atom stereocenters. The Morgan fingerprint density at radius 1 is 1.46 bits per heavy atom. The van der Waals surface area contributed by atoms with Gasteiger partial charge in [0.15, 0.2) is 0 Å². The molecule has 7 heteroatoms. The Hall–Kier alpha value is -1.83. The van der Waals surface area contributed by atoms with Gasteiger partial charge in [-0.2, -0.15) is 0 Å². The Labute approximate surface area is 144 Å². The van der Waals surface area contributed by atoms with Gasteiger partial charge < -0.3 is 10.1 Å². The second-order valence-electron chi connectivity index (χ2n) is 6.22. The van der Waals surface area contributed by atoms with Crippen LogP contribution in [0.3, 0.4) is 0 Å². The first-order chi connectivity index (χ1) is 11.8. The highest BCUT2D eigenvalue weighted by Crippen LogP contribution is 2.31. The number of thiophene rings is 1. The van der Waals surface area contributed by atoms with E-state index in [1.54, 1.807) is 17.5 Å². The molecule has 2 aliphatic heterocycles. The molecule has 0 radical (unpaired) electrons. The second-order valence-corrected chi connectivity index (χ2v) is 7.26. The molecule has 1 amide bonds. The van der Waals surface area contributed by atoms with Crippen LogP contribution in [0.5, 0.6) is 0 Å². The van der Waals surface area contributed by atoms with Gasteiger partial charge in [-0.15, -0.1) is 11.3 Å². The number of amides is 1. The molecule has 0 aliphatic carbocycles. The second kappa shape index (κ2) is 6.96. The number of likely N-dealkylation sites (tertiary alicyclic amines) is 1. The SMILES string of the molecule is O=C(N[C@H]1CN(Cc2cccs2)[C@H]2CCCO[C@@H]12)c1cnccn1. The summed E-state index contributed by atoms with van der Waals surface area (Å²) in [4.78, 5) is 24.2. The van der Waals surface area contributed by atoms with Crippen LogP contribution < -0.4 is 5.32 Å². The largest absolute Gasteiger partial charge is 0.374 e. The number of hydrogen-bond acceptors (Lipinski definition) is 6. The van der Waals surface area contributed by atoms with E-state index in [2.05, 4.69) is 37.7 Å². The maximum absolute atomic E-state index is 12.4. The van der Waals surface area contributed by atoms with Crippen LogP contribution in [0, 0.1) is 0 Å². The summed E-state index contributed by atoms with van der Waals surface area (Å²) in [6.07, 6.45) is 6.84. The van der Waals surface area contributed by atoms with E-state index in [4.69, 9.17) is 4.74 Å². The van der Waals surface area contributed by atoms with Gasteiger partial charge in [0.05, 0.1) is 18.3 Å². The van der Waals surface area contributed by atoms with Gasteiger partial charge in [0.25, 0.3) is 5.91 Å². The zero-order chi connectivity index (χ0) is 16.4. The normalized spacial score (nSPS) is 26.9. The fourth-order valence-corrected chi connectivity index (χ4v) is 4.35. The van der Waals surface area contributed by atoms with Crippen molar-refractivity contribution in [1.82, 2.24) is 20.2 Å². The predicted octanol–water partition coefficient (Wildman–Crippen LogP) is 1.70. The van der Waals surface area contributed by atoms with Crippen LogP contribution in [-0.4, -0.2) is 52.1 Å². The molecule has 4 heterocycles. The Balaban J connectivity index is 1.47. The third kappa shape index (κ3) is 3.19. The molecule has 0 spiro atoms. The molecule has 2 aromatic rings. The van der Waals surface area contributed by atoms with Crippen molar-refractivity contribution in [3.63, 3.8) is 0 Å². The van der Waals surface area contributed by atoms with Crippen LogP contribution in [-0.2, 0) is 11.3 Å². The van der Waals surface area contributed by atoms with Crippen LogP contribution in [0.15, 0.2) is 36.1 Å². The van der Waals surface area contributed by atoms with Crippen molar-refractivity contribution in [3.05, 3.63) is 46.7 Å². The molecule has 0 aromatic carbocycles. The quantitative estimate of drug-likeness (QED) is 0.914. The minimum atomic E-state index is -0.181. The number of ether oxygens (including phenoxy) is 1. The average Bonchev–Trinajstić information content (AvgIpc) is 3.25. The Kier molecular flexibility index (Phi) is 4.55. The molecule has 2 fully saturated rings. The van der Waals surface area contributed by atoms with Crippen molar-refractivity contribution in [1.29, 1.82) is 0 Å². The third-order valence-corrected chi connectivity index (χ3v) is 5.54. The lowest BCUT2D eigenvalue weighted by atomic mass is 10.0. The molecule has 2 aliphatic rings. The molecular formula is C17H20N4O2S. The Morgan fingerprint density at radius 3 is 3.21 bits per heavy atom. The van der Waals surface area contributed by atoms with Gasteiger partial charge in [-0.1, -0.05) is 6.07 Å². The summed E-state index contributed by atoms with van der Waals surface area (Å²) in [7, 11) is 0. The molecule has 0 saturated carbocycles.